The summed E-state index contributed by atoms with van der Waals surface area (Å²) in [5.74, 6) is -0.953. The SMILES string of the molecule is CC\C=C/C=C\C=C/C=C\CCCCCCCC(=O)OC(COC(=O)CCCCCC/C=C\CCCC)COC(=O)CCCCCCC/C=C\C=C/CCCCCCCCC. The molecule has 0 aromatic rings. The molecule has 0 amide bonds. The van der Waals surface area contributed by atoms with Crippen LogP contribution in [0.5, 0.6) is 0 Å². The largest absolute Gasteiger partial charge is 0.462 e. The molecule has 348 valence electrons. The van der Waals surface area contributed by atoms with E-state index >= 15 is 0 Å². The van der Waals surface area contributed by atoms with Crippen LogP contribution in [-0.4, -0.2) is 37.2 Å². The third-order valence-electron chi connectivity index (χ3n) is 10.5. The molecule has 0 N–H and O–H groups in total. The Hall–Kier alpha value is -3.41. The normalized spacial score (nSPS) is 12.8. The molecular formula is C55H92O6. The molecule has 0 radical (unpaired) electrons. The monoisotopic (exact) mass is 849 g/mol. The van der Waals surface area contributed by atoms with Gasteiger partial charge in [-0.15, -0.1) is 0 Å². The summed E-state index contributed by atoms with van der Waals surface area (Å²) in [5.41, 5.74) is 0. The fraction of sp³-hybridized carbons (Fsp3) is 0.691. The first-order valence-corrected chi connectivity index (χ1v) is 25.2. The lowest BCUT2D eigenvalue weighted by Crippen LogP contribution is -2.30. The van der Waals surface area contributed by atoms with Crippen LogP contribution in [0.4, 0.5) is 0 Å². The Bertz CT molecular complexity index is 1200. The lowest BCUT2D eigenvalue weighted by molar-refractivity contribution is -0.167. The van der Waals surface area contributed by atoms with Gasteiger partial charge in [-0.05, 0) is 83.5 Å². The fourth-order valence-electron chi connectivity index (χ4n) is 6.66. The fourth-order valence-corrected chi connectivity index (χ4v) is 6.66. The predicted molar refractivity (Wildman–Crippen MR) is 261 cm³/mol. The Morgan fingerprint density at radius 3 is 1.11 bits per heavy atom. The summed E-state index contributed by atoms with van der Waals surface area (Å²) in [7, 11) is 0. The van der Waals surface area contributed by atoms with Crippen LogP contribution in [0.1, 0.15) is 226 Å². The second-order valence-electron chi connectivity index (χ2n) is 16.5. The van der Waals surface area contributed by atoms with E-state index in [0.29, 0.717) is 19.3 Å². The summed E-state index contributed by atoms with van der Waals surface area (Å²) in [6.45, 7) is 6.40. The van der Waals surface area contributed by atoms with Gasteiger partial charge < -0.3 is 14.2 Å². The lowest BCUT2D eigenvalue weighted by atomic mass is 10.1. The summed E-state index contributed by atoms with van der Waals surface area (Å²) in [5, 5.41) is 0. The highest BCUT2D eigenvalue weighted by atomic mass is 16.6. The maximum atomic E-state index is 12.8. The van der Waals surface area contributed by atoms with Crippen molar-refractivity contribution in [1.82, 2.24) is 0 Å². The molecule has 0 heterocycles. The van der Waals surface area contributed by atoms with Gasteiger partial charge in [-0.1, -0.05) is 209 Å². The first-order chi connectivity index (χ1) is 30.0. The highest BCUT2D eigenvalue weighted by Gasteiger charge is 2.19. The van der Waals surface area contributed by atoms with Crippen LogP contribution in [0.3, 0.4) is 0 Å². The molecule has 6 heteroatoms. The minimum Gasteiger partial charge on any atom is -0.462 e. The number of carbonyl (C=O) groups excluding carboxylic acids is 3. The van der Waals surface area contributed by atoms with Crippen LogP contribution in [0, 0.1) is 0 Å². The first kappa shape index (κ1) is 57.6. The zero-order valence-electron chi connectivity index (χ0n) is 39.7. The van der Waals surface area contributed by atoms with E-state index in [9.17, 15) is 14.4 Å². The molecule has 1 atom stereocenters. The van der Waals surface area contributed by atoms with Crippen molar-refractivity contribution in [3.05, 3.63) is 85.1 Å². The van der Waals surface area contributed by atoms with Gasteiger partial charge in [0, 0.05) is 19.3 Å². The Balaban J connectivity index is 4.43. The third-order valence-corrected chi connectivity index (χ3v) is 10.5. The molecule has 0 aromatic heterocycles. The van der Waals surface area contributed by atoms with E-state index in [2.05, 4.69) is 81.5 Å². The topological polar surface area (TPSA) is 78.9 Å². The summed E-state index contributed by atoms with van der Waals surface area (Å²) in [4.78, 5) is 37.9. The molecule has 6 nitrogen and oxygen atoms in total. The molecule has 0 aliphatic heterocycles. The molecule has 0 bridgehead atoms. The van der Waals surface area contributed by atoms with E-state index in [4.69, 9.17) is 14.2 Å². The van der Waals surface area contributed by atoms with Crippen LogP contribution >= 0.6 is 0 Å². The van der Waals surface area contributed by atoms with Crippen molar-refractivity contribution in [2.75, 3.05) is 13.2 Å². The number of hydrogen-bond donors (Lipinski definition) is 0. The molecule has 0 saturated heterocycles. The zero-order chi connectivity index (χ0) is 44.4. The maximum Gasteiger partial charge on any atom is 0.306 e. The van der Waals surface area contributed by atoms with E-state index in [-0.39, 0.29) is 31.1 Å². The minimum absolute atomic E-state index is 0.0985. The number of rotatable bonds is 44. The van der Waals surface area contributed by atoms with Crippen molar-refractivity contribution in [3.8, 4) is 0 Å². The molecular weight excluding hydrogens is 757 g/mol. The van der Waals surface area contributed by atoms with Crippen molar-refractivity contribution in [2.24, 2.45) is 0 Å². The van der Waals surface area contributed by atoms with Crippen molar-refractivity contribution in [3.63, 3.8) is 0 Å². The highest BCUT2D eigenvalue weighted by molar-refractivity contribution is 5.71. The van der Waals surface area contributed by atoms with E-state index in [1.807, 2.05) is 24.3 Å². The van der Waals surface area contributed by atoms with Gasteiger partial charge in [0.1, 0.15) is 13.2 Å². The lowest BCUT2D eigenvalue weighted by Gasteiger charge is -2.18. The van der Waals surface area contributed by atoms with Crippen LogP contribution in [-0.2, 0) is 28.6 Å². The molecule has 0 spiro atoms. The number of esters is 3. The van der Waals surface area contributed by atoms with Crippen molar-refractivity contribution < 1.29 is 28.6 Å². The molecule has 0 aliphatic rings. The Kier molecular flexibility index (Phi) is 46.5. The van der Waals surface area contributed by atoms with Crippen molar-refractivity contribution in [2.45, 2.75) is 232 Å². The molecule has 0 aliphatic carbocycles. The van der Waals surface area contributed by atoms with Crippen LogP contribution < -0.4 is 0 Å². The van der Waals surface area contributed by atoms with E-state index in [1.54, 1.807) is 0 Å². The van der Waals surface area contributed by atoms with Gasteiger partial charge in [-0.2, -0.15) is 0 Å². The van der Waals surface area contributed by atoms with Crippen molar-refractivity contribution in [1.29, 1.82) is 0 Å². The van der Waals surface area contributed by atoms with Gasteiger partial charge >= 0.3 is 17.9 Å². The Morgan fingerprint density at radius 2 is 0.672 bits per heavy atom. The zero-order valence-corrected chi connectivity index (χ0v) is 39.7. The van der Waals surface area contributed by atoms with E-state index in [1.165, 1.54) is 64.2 Å². The number of allylic oxidation sites excluding steroid dienone is 14. The highest BCUT2D eigenvalue weighted by Crippen LogP contribution is 2.13. The van der Waals surface area contributed by atoms with Gasteiger partial charge in [0.05, 0.1) is 0 Å². The van der Waals surface area contributed by atoms with Gasteiger partial charge in [0.25, 0.3) is 0 Å². The van der Waals surface area contributed by atoms with Crippen molar-refractivity contribution >= 4 is 17.9 Å². The summed E-state index contributed by atoms with van der Waals surface area (Å²) >= 11 is 0. The van der Waals surface area contributed by atoms with E-state index < -0.39 is 6.10 Å². The minimum atomic E-state index is -0.799. The molecule has 0 saturated carbocycles. The number of ether oxygens (including phenoxy) is 3. The summed E-state index contributed by atoms with van der Waals surface area (Å²) in [6.07, 6.45) is 62.8. The summed E-state index contributed by atoms with van der Waals surface area (Å²) < 4.78 is 16.7. The Labute approximate surface area is 375 Å². The van der Waals surface area contributed by atoms with Crippen LogP contribution in [0.15, 0.2) is 85.1 Å². The molecule has 61 heavy (non-hydrogen) atoms. The average molecular weight is 849 g/mol. The number of unbranched alkanes of at least 4 members (excludes halogenated alkanes) is 23. The van der Waals surface area contributed by atoms with Crippen LogP contribution in [0.25, 0.3) is 0 Å². The second kappa shape index (κ2) is 49.2. The first-order valence-electron chi connectivity index (χ1n) is 25.2. The molecule has 0 rings (SSSR count). The number of hydrogen-bond acceptors (Lipinski definition) is 6. The quantitative estimate of drug-likeness (QED) is 0.0200. The van der Waals surface area contributed by atoms with Crippen LogP contribution in [0.2, 0.25) is 0 Å². The predicted octanol–water partition coefficient (Wildman–Crippen LogP) is 16.4. The second-order valence-corrected chi connectivity index (χ2v) is 16.5. The third kappa shape index (κ3) is 47.5. The van der Waals surface area contributed by atoms with E-state index in [0.717, 1.165) is 122 Å². The summed E-state index contributed by atoms with van der Waals surface area (Å²) in [6, 6.07) is 0. The maximum absolute atomic E-state index is 12.8. The smallest absolute Gasteiger partial charge is 0.306 e. The molecule has 0 fully saturated rings. The standard InChI is InChI=1S/C55H92O6/c1-4-7-10-13-16-19-22-24-26-27-28-30-31-33-36-39-42-45-48-54(57)60-51-52(50-59-53(56)47-44-41-38-35-21-18-15-12-9-6-3)61-55(58)49-46-43-40-37-34-32-29-25-23-20-17-14-11-8-5-2/h8,11,14-15,17-18,20,23,25-30,52H,4-7,9-10,12-13,16,19,21-22,24,31-51H2,1-3H3/b11-8-,17-14-,18-15-,23-20-,27-26-,29-25-,30-28-. The van der Waals surface area contributed by atoms with Gasteiger partial charge in [0.15, 0.2) is 6.10 Å². The van der Waals surface area contributed by atoms with Gasteiger partial charge in [-0.25, -0.2) is 0 Å². The average Bonchev–Trinajstić information content (AvgIpc) is 3.26. The molecule has 0 aromatic carbocycles. The number of carbonyl (C=O) groups is 3. The Morgan fingerprint density at radius 1 is 0.344 bits per heavy atom. The van der Waals surface area contributed by atoms with Gasteiger partial charge in [-0.3, -0.25) is 14.4 Å². The van der Waals surface area contributed by atoms with Gasteiger partial charge in [0.2, 0.25) is 0 Å². The molecule has 1 unspecified atom stereocenters.